The van der Waals surface area contributed by atoms with Crippen LogP contribution in [0, 0.1) is 0 Å². The Morgan fingerprint density at radius 2 is 2.21 bits per heavy atom. The number of aromatic amines is 1. The summed E-state index contributed by atoms with van der Waals surface area (Å²) in [7, 11) is 0. The lowest BCUT2D eigenvalue weighted by atomic mass is 10.0. The van der Waals surface area contributed by atoms with Crippen molar-refractivity contribution < 1.29 is 0 Å². The van der Waals surface area contributed by atoms with Crippen LogP contribution in [0.3, 0.4) is 0 Å². The lowest BCUT2D eigenvalue weighted by Gasteiger charge is -2.04. The molecule has 0 spiro atoms. The molecular formula is C15H14N4. The molecule has 1 aliphatic carbocycles. The van der Waals surface area contributed by atoms with E-state index in [2.05, 4.69) is 33.2 Å². The van der Waals surface area contributed by atoms with Crippen LogP contribution in [0.25, 0.3) is 22.3 Å². The minimum absolute atomic E-state index is 0.189. The number of nitrogens with zero attached hydrogens (tertiary/aromatic N) is 2. The molecule has 4 heteroatoms. The molecule has 4 rings (SSSR count). The Morgan fingerprint density at radius 3 is 3.05 bits per heavy atom. The van der Waals surface area contributed by atoms with Crippen LogP contribution in [-0.4, -0.2) is 15.0 Å². The van der Waals surface area contributed by atoms with E-state index < -0.39 is 0 Å². The van der Waals surface area contributed by atoms with E-state index in [0.29, 0.717) is 0 Å². The number of benzene rings is 1. The number of aromatic nitrogens is 3. The summed E-state index contributed by atoms with van der Waals surface area (Å²) < 4.78 is 0. The predicted octanol–water partition coefficient (Wildman–Crippen LogP) is 2.57. The zero-order valence-corrected chi connectivity index (χ0v) is 10.4. The summed E-state index contributed by atoms with van der Waals surface area (Å²) in [5.74, 6) is 0. The second kappa shape index (κ2) is 3.90. The van der Waals surface area contributed by atoms with Crippen molar-refractivity contribution in [3.63, 3.8) is 0 Å². The van der Waals surface area contributed by atoms with Gasteiger partial charge in [-0.25, -0.2) is 0 Å². The highest BCUT2D eigenvalue weighted by atomic mass is 14.8. The third kappa shape index (κ3) is 1.57. The molecular weight excluding hydrogens is 236 g/mol. The molecule has 19 heavy (non-hydrogen) atoms. The molecule has 3 N–H and O–H groups in total. The Balaban J connectivity index is 1.94. The first-order valence-electron chi connectivity index (χ1n) is 6.49. The summed E-state index contributed by atoms with van der Waals surface area (Å²) in [5.41, 5.74) is 11.8. The molecule has 4 nitrogen and oxygen atoms in total. The Labute approximate surface area is 110 Å². The molecule has 1 atom stereocenters. The molecule has 3 aromatic rings. The SMILES string of the molecule is N[C@@H]1CCc2c1ccc1[nH]c(-c3cnccn3)cc21. The maximum absolute atomic E-state index is 6.12. The maximum atomic E-state index is 6.12. The Hall–Kier alpha value is -2.20. The summed E-state index contributed by atoms with van der Waals surface area (Å²) in [6, 6.07) is 6.61. The monoisotopic (exact) mass is 250 g/mol. The molecule has 0 saturated heterocycles. The number of nitrogens with one attached hydrogen (secondary N) is 1. The van der Waals surface area contributed by atoms with Crippen molar-refractivity contribution >= 4 is 10.9 Å². The molecule has 2 heterocycles. The summed E-state index contributed by atoms with van der Waals surface area (Å²) in [4.78, 5) is 11.9. The van der Waals surface area contributed by atoms with Crippen molar-refractivity contribution in [2.24, 2.45) is 5.73 Å². The lowest BCUT2D eigenvalue weighted by Crippen LogP contribution is -2.04. The Bertz CT molecular complexity index is 745. The van der Waals surface area contributed by atoms with E-state index in [1.54, 1.807) is 18.6 Å². The molecule has 0 saturated carbocycles. The first-order valence-corrected chi connectivity index (χ1v) is 6.49. The molecule has 0 amide bonds. The van der Waals surface area contributed by atoms with Crippen LogP contribution in [-0.2, 0) is 6.42 Å². The van der Waals surface area contributed by atoms with Crippen molar-refractivity contribution in [1.82, 2.24) is 15.0 Å². The van der Waals surface area contributed by atoms with Gasteiger partial charge < -0.3 is 10.7 Å². The van der Waals surface area contributed by atoms with Crippen LogP contribution in [0.15, 0.2) is 36.8 Å². The fourth-order valence-electron chi connectivity index (χ4n) is 2.94. The Kier molecular flexibility index (Phi) is 2.19. The van der Waals surface area contributed by atoms with Crippen LogP contribution < -0.4 is 5.73 Å². The van der Waals surface area contributed by atoms with Crippen LogP contribution in [0.4, 0.5) is 0 Å². The van der Waals surface area contributed by atoms with Crippen molar-refractivity contribution in [3.8, 4) is 11.4 Å². The zero-order valence-electron chi connectivity index (χ0n) is 10.4. The van der Waals surface area contributed by atoms with Crippen molar-refractivity contribution in [2.75, 3.05) is 0 Å². The van der Waals surface area contributed by atoms with Gasteiger partial charge in [0.1, 0.15) is 5.69 Å². The summed E-state index contributed by atoms with van der Waals surface area (Å²) in [6.07, 6.45) is 7.27. The average molecular weight is 250 g/mol. The van der Waals surface area contributed by atoms with Crippen LogP contribution in [0.2, 0.25) is 0 Å². The third-order valence-electron chi connectivity index (χ3n) is 3.90. The van der Waals surface area contributed by atoms with Gasteiger partial charge >= 0.3 is 0 Å². The van der Waals surface area contributed by atoms with Crippen LogP contribution in [0.1, 0.15) is 23.6 Å². The second-order valence-corrected chi connectivity index (χ2v) is 5.01. The van der Waals surface area contributed by atoms with Gasteiger partial charge in [0.15, 0.2) is 0 Å². The van der Waals surface area contributed by atoms with E-state index in [9.17, 15) is 0 Å². The summed E-state index contributed by atoms with van der Waals surface area (Å²) in [5, 5.41) is 1.27. The van der Waals surface area contributed by atoms with Gasteiger partial charge in [0.2, 0.25) is 0 Å². The second-order valence-electron chi connectivity index (χ2n) is 5.01. The third-order valence-corrected chi connectivity index (χ3v) is 3.90. The van der Waals surface area contributed by atoms with Crippen molar-refractivity contribution in [3.05, 3.63) is 47.9 Å². The number of H-pyrrole nitrogens is 1. The quantitative estimate of drug-likeness (QED) is 0.697. The highest BCUT2D eigenvalue weighted by Gasteiger charge is 2.21. The number of fused-ring (bicyclic) bond motifs is 3. The highest BCUT2D eigenvalue weighted by molar-refractivity contribution is 5.89. The van der Waals surface area contributed by atoms with Crippen LogP contribution >= 0.6 is 0 Å². The number of hydrogen-bond donors (Lipinski definition) is 2. The van der Waals surface area contributed by atoms with Crippen molar-refractivity contribution in [1.29, 1.82) is 0 Å². The first kappa shape index (κ1) is 10.7. The van der Waals surface area contributed by atoms with Gasteiger partial charge in [0.25, 0.3) is 0 Å². The number of rotatable bonds is 1. The number of nitrogens with two attached hydrogens (primary N) is 1. The topological polar surface area (TPSA) is 67.6 Å². The molecule has 94 valence electrons. The van der Waals surface area contributed by atoms with E-state index >= 15 is 0 Å². The molecule has 1 aliphatic rings. The Morgan fingerprint density at radius 1 is 1.26 bits per heavy atom. The van der Waals surface area contributed by atoms with Gasteiger partial charge in [-0.05, 0) is 36.1 Å². The molecule has 0 fully saturated rings. The minimum Gasteiger partial charge on any atom is -0.353 e. The fourth-order valence-corrected chi connectivity index (χ4v) is 2.94. The standard InChI is InChI=1S/C15H14N4/c16-12-3-1-9-10(12)2-4-13-11(9)7-14(19-13)15-8-17-5-6-18-15/h2,4-8,12,19H,1,3,16H2/t12-/m1/s1. The highest BCUT2D eigenvalue weighted by Crippen LogP contribution is 2.36. The van der Waals surface area contributed by atoms with E-state index in [1.165, 1.54) is 16.5 Å². The van der Waals surface area contributed by atoms with Gasteiger partial charge in [-0.3, -0.25) is 9.97 Å². The van der Waals surface area contributed by atoms with Gasteiger partial charge in [-0.2, -0.15) is 0 Å². The normalized spacial score (nSPS) is 17.8. The minimum atomic E-state index is 0.189. The van der Waals surface area contributed by atoms with Gasteiger partial charge in [-0.15, -0.1) is 0 Å². The van der Waals surface area contributed by atoms with E-state index in [1.807, 2.05) is 0 Å². The number of aryl methyl sites for hydroxylation is 1. The van der Waals surface area contributed by atoms with E-state index in [4.69, 9.17) is 5.73 Å². The number of hydrogen-bond acceptors (Lipinski definition) is 3. The molecule has 0 unspecified atom stereocenters. The van der Waals surface area contributed by atoms with E-state index in [0.717, 1.165) is 29.7 Å². The summed E-state index contributed by atoms with van der Waals surface area (Å²) in [6.45, 7) is 0. The molecule has 2 aromatic heterocycles. The predicted molar refractivity (Wildman–Crippen MR) is 74.6 cm³/mol. The van der Waals surface area contributed by atoms with Gasteiger partial charge in [0.05, 0.1) is 11.9 Å². The maximum Gasteiger partial charge on any atom is 0.105 e. The lowest BCUT2D eigenvalue weighted by molar-refractivity contribution is 0.713. The molecule has 1 aromatic carbocycles. The van der Waals surface area contributed by atoms with Gasteiger partial charge in [-0.1, -0.05) is 6.07 Å². The summed E-state index contributed by atoms with van der Waals surface area (Å²) >= 11 is 0. The van der Waals surface area contributed by atoms with Gasteiger partial charge in [0, 0.05) is 29.3 Å². The smallest absolute Gasteiger partial charge is 0.105 e. The largest absolute Gasteiger partial charge is 0.353 e. The zero-order chi connectivity index (χ0) is 12.8. The van der Waals surface area contributed by atoms with Crippen LogP contribution in [0.5, 0.6) is 0 Å². The first-order chi connectivity index (χ1) is 9.33. The fraction of sp³-hybridized carbons (Fsp3) is 0.200. The molecule has 0 radical (unpaired) electrons. The molecule has 0 aliphatic heterocycles. The average Bonchev–Trinajstić information content (AvgIpc) is 3.03. The van der Waals surface area contributed by atoms with E-state index in [-0.39, 0.29) is 6.04 Å². The van der Waals surface area contributed by atoms with Crippen molar-refractivity contribution in [2.45, 2.75) is 18.9 Å². The molecule has 0 bridgehead atoms.